The summed E-state index contributed by atoms with van der Waals surface area (Å²) in [5, 5.41) is 19.8. The predicted molar refractivity (Wildman–Crippen MR) is 63.5 cm³/mol. The molecule has 2 N–H and O–H groups in total. The molecule has 2 atom stereocenters. The van der Waals surface area contributed by atoms with Crippen molar-refractivity contribution in [2.24, 2.45) is 0 Å². The molecule has 5 nitrogen and oxygen atoms in total. The lowest BCUT2D eigenvalue weighted by atomic mass is 10.1. The molecule has 0 spiro atoms. The number of hydrogen-bond acceptors (Lipinski definition) is 4. The molecule has 17 heavy (non-hydrogen) atoms. The first kappa shape index (κ1) is 12.8. The maximum Gasteiger partial charge on any atom is 0.222 e. The zero-order valence-corrected chi connectivity index (χ0v) is 10.4. The van der Waals surface area contributed by atoms with Gasteiger partial charge in [-0.2, -0.15) is 0 Å². The molecule has 2 rings (SSSR count). The van der Waals surface area contributed by atoms with Crippen molar-refractivity contribution in [3.63, 3.8) is 0 Å². The van der Waals surface area contributed by atoms with Crippen molar-refractivity contribution >= 4 is 5.91 Å². The SMILES string of the molecule is CC1(O)CCN(CC(O)CN2CCCC2=O)C1. The summed E-state index contributed by atoms with van der Waals surface area (Å²) in [6.07, 6.45) is 1.77. The second kappa shape index (κ2) is 4.92. The van der Waals surface area contributed by atoms with Gasteiger partial charge in [0.25, 0.3) is 0 Å². The molecule has 2 aliphatic rings. The normalized spacial score (nSPS) is 32.4. The van der Waals surface area contributed by atoms with Gasteiger partial charge in [0.05, 0.1) is 11.7 Å². The van der Waals surface area contributed by atoms with E-state index in [1.54, 1.807) is 4.90 Å². The van der Waals surface area contributed by atoms with E-state index in [-0.39, 0.29) is 5.91 Å². The van der Waals surface area contributed by atoms with Crippen LogP contribution in [-0.4, -0.2) is 70.3 Å². The maximum atomic E-state index is 11.4. The van der Waals surface area contributed by atoms with Crippen LogP contribution in [0.2, 0.25) is 0 Å². The molecule has 2 fully saturated rings. The third-order valence-corrected chi connectivity index (χ3v) is 3.60. The average Bonchev–Trinajstić information content (AvgIpc) is 2.74. The summed E-state index contributed by atoms with van der Waals surface area (Å²) < 4.78 is 0. The number of hydrogen-bond donors (Lipinski definition) is 2. The summed E-state index contributed by atoms with van der Waals surface area (Å²) in [5.41, 5.74) is -0.622. The Morgan fingerprint density at radius 1 is 1.41 bits per heavy atom. The lowest BCUT2D eigenvalue weighted by Crippen LogP contribution is -2.41. The van der Waals surface area contributed by atoms with Crippen LogP contribution < -0.4 is 0 Å². The summed E-state index contributed by atoms with van der Waals surface area (Å²) >= 11 is 0. The Balaban J connectivity index is 1.74. The fourth-order valence-electron chi connectivity index (χ4n) is 2.70. The number of carbonyl (C=O) groups is 1. The van der Waals surface area contributed by atoms with Gasteiger partial charge >= 0.3 is 0 Å². The monoisotopic (exact) mass is 242 g/mol. The van der Waals surface area contributed by atoms with Crippen molar-refractivity contribution in [2.75, 3.05) is 32.7 Å². The molecular weight excluding hydrogens is 220 g/mol. The molecule has 2 aliphatic heterocycles. The number of likely N-dealkylation sites (tertiary alicyclic amines) is 2. The van der Waals surface area contributed by atoms with E-state index in [0.717, 1.165) is 25.9 Å². The highest BCUT2D eigenvalue weighted by Gasteiger charge is 2.32. The molecule has 5 heteroatoms. The largest absolute Gasteiger partial charge is 0.390 e. The smallest absolute Gasteiger partial charge is 0.222 e. The zero-order valence-electron chi connectivity index (χ0n) is 10.4. The highest BCUT2D eigenvalue weighted by Crippen LogP contribution is 2.20. The fraction of sp³-hybridized carbons (Fsp3) is 0.917. The molecule has 2 unspecified atom stereocenters. The molecule has 98 valence electrons. The van der Waals surface area contributed by atoms with Crippen LogP contribution >= 0.6 is 0 Å². The third-order valence-electron chi connectivity index (χ3n) is 3.60. The Hall–Kier alpha value is -0.650. The van der Waals surface area contributed by atoms with Crippen molar-refractivity contribution in [1.82, 2.24) is 9.80 Å². The van der Waals surface area contributed by atoms with Crippen molar-refractivity contribution in [2.45, 2.75) is 37.9 Å². The molecule has 0 aromatic rings. The standard InChI is InChI=1S/C12H22N2O3/c1-12(17)4-6-13(9-12)7-10(15)8-14-5-2-3-11(14)16/h10,15,17H,2-9H2,1H3. The van der Waals surface area contributed by atoms with Gasteiger partial charge in [0.2, 0.25) is 5.91 Å². The minimum Gasteiger partial charge on any atom is -0.390 e. The Morgan fingerprint density at radius 3 is 2.71 bits per heavy atom. The van der Waals surface area contributed by atoms with Gasteiger partial charge in [-0.1, -0.05) is 0 Å². The van der Waals surface area contributed by atoms with Gasteiger partial charge in [-0.25, -0.2) is 0 Å². The molecule has 0 saturated carbocycles. The van der Waals surface area contributed by atoms with Gasteiger partial charge in [0.1, 0.15) is 0 Å². The van der Waals surface area contributed by atoms with Gasteiger partial charge in [0, 0.05) is 39.1 Å². The number of β-amino-alcohol motifs (C(OH)–C–C–N with tert-alkyl or cyclic N) is 2. The first-order valence-electron chi connectivity index (χ1n) is 6.37. The molecule has 0 radical (unpaired) electrons. The van der Waals surface area contributed by atoms with Crippen LogP contribution in [0.3, 0.4) is 0 Å². The van der Waals surface area contributed by atoms with E-state index in [0.29, 0.717) is 26.1 Å². The van der Waals surface area contributed by atoms with Gasteiger partial charge in [-0.05, 0) is 19.8 Å². The third kappa shape index (κ3) is 3.40. The summed E-state index contributed by atoms with van der Waals surface area (Å²) in [6.45, 7) is 4.99. The quantitative estimate of drug-likeness (QED) is 0.693. The van der Waals surface area contributed by atoms with E-state index >= 15 is 0 Å². The molecule has 0 aliphatic carbocycles. The Kier molecular flexibility index (Phi) is 3.70. The first-order valence-corrected chi connectivity index (χ1v) is 6.37. The number of carbonyl (C=O) groups excluding carboxylic acids is 1. The van der Waals surface area contributed by atoms with E-state index in [2.05, 4.69) is 4.90 Å². The van der Waals surface area contributed by atoms with Crippen LogP contribution in [0.1, 0.15) is 26.2 Å². The van der Waals surface area contributed by atoms with E-state index in [4.69, 9.17) is 0 Å². The summed E-state index contributed by atoms with van der Waals surface area (Å²) in [4.78, 5) is 15.2. The van der Waals surface area contributed by atoms with Crippen LogP contribution in [0.15, 0.2) is 0 Å². The molecule has 1 amide bonds. The number of aliphatic hydroxyl groups is 2. The van der Waals surface area contributed by atoms with E-state index in [9.17, 15) is 15.0 Å². The van der Waals surface area contributed by atoms with Crippen molar-refractivity contribution in [1.29, 1.82) is 0 Å². The predicted octanol–water partition coefficient (Wildman–Crippen LogP) is -0.574. The highest BCUT2D eigenvalue weighted by molar-refractivity contribution is 5.78. The highest BCUT2D eigenvalue weighted by atomic mass is 16.3. The minimum atomic E-state index is -0.622. The second-order valence-corrected chi connectivity index (χ2v) is 5.58. The van der Waals surface area contributed by atoms with Crippen LogP contribution in [-0.2, 0) is 4.79 Å². The number of amides is 1. The topological polar surface area (TPSA) is 64.0 Å². The number of nitrogens with zero attached hydrogens (tertiary/aromatic N) is 2. The summed E-state index contributed by atoms with van der Waals surface area (Å²) in [6, 6.07) is 0. The van der Waals surface area contributed by atoms with Gasteiger partial charge < -0.3 is 15.1 Å². The van der Waals surface area contributed by atoms with Crippen LogP contribution in [0.25, 0.3) is 0 Å². The lowest BCUT2D eigenvalue weighted by molar-refractivity contribution is -0.129. The van der Waals surface area contributed by atoms with Crippen molar-refractivity contribution in [3.8, 4) is 0 Å². The van der Waals surface area contributed by atoms with Gasteiger partial charge in [0.15, 0.2) is 0 Å². The van der Waals surface area contributed by atoms with Crippen LogP contribution in [0, 0.1) is 0 Å². The van der Waals surface area contributed by atoms with E-state index in [1.807, 2.05) is 6.92 Å². The van der Waals surface area contributed by atoms with E-state index < -0.39 is 11.7 Å². The van der Waals surface area contributed by atoms with Crippen molar-refractivity contribution < 1.29 is 15.0 Å². The van der Waals surface area contributed by atoms with Gasteiger partial charge in [-0.3, -0.25) is 9.69 Å². The molecular formula is C12H22N2O3. The number of aliphatic hydroxyl groups excluding tert-OH is 1. The van der Waals surface area contributed by atoms with Crippen molar-refractivity contribution in [3.05, 3.63) is 0 Å². The van der Waals surface area contributed by atoms with Gasteiger partial charge in [-0.15, -0.1) is 0 Å². The maximum absolute atomic E-state index is 11.4. The first-order chi connectivity index (χ1) is 7.96. The fourth-order valence-corrected chi connectivity index (χ4v) is 2.70. The number of rotatable bonds is 4. The summed E-state index contributed by atoms with van der Waals surface area (Å²) in [5.74, 6) is 0.150. The second-order valence-electron chi connectivity index (χ2n) is 5.58. The molecule has 0 aromatic heterocycles. The lowest BCUT2D eigenvalue weighted by Gasteiger charge is -2.25. The van der Waals surface area contributed by atoms with E-state index in [1.165, 1.54) is 0 Å². The molecule has 0 bridgehead atoms. The zero-order chi connectivity index (χ0) is 12.5. The Morgan fingerprint density at radius 2 is 2.18 bits per heavy atom. The molecule has 2 heterocycles. The van der Waals surface area contributed by atoms with Crippen LogP contribution in [0.5, 0.6) is 0 Å². The Bertz CT molecular complexity index is 293. The van der Waals surface area contributed by atoms with Crippen LogP contribution in [0.4, 0.5) is 0 Å². The average molecular weight is 242 g/mol. The molecule has 2 saturated heterocycles. The summed E-state index contributed by atoms with van der Waals surface area (Å²) in [7, 11) is 0. The molecule has 0 aromatic carbocycles. The minimum absolute atomic E-state index is 0.150. The Labute approximate surface area is 102 Å².